The molecule has 3 N–H and O–H groups in total. The Balaban J connectivity index is 1.74. The number of nitrogens with one attached hydrogen (secondary N) is 2. The number of carbonyl (C=O) groups is 1. The number of carbonyl (C=O) groups excluding carboxylic acids is 1. The molecule has 2 aromatic carbocycles. The summed E-state index contributed by atoms with van der Waals surface area (Å²) in [6.07, 6.45) is 1.35. The van der Waals surface area contributed by atoms with Gasteiger partial charge in [0.05, 0.1) is 24.1 Å². The number of aliphatic hydroxyl groups excluding tert-OH is 1. The number of nitrogens with zero attached hydrogens (tertiary/aromatic N) is 1. The average Bonchev–Trinajstić information content (AvgIpc) is 3.13. The fourth-order valence-corrected chi connectivity index (χ4v) is 2.79. The first-order valence-electron chi connectivity index (χ1n) is 8.03. The molecule has 7 heteroatoms. The van der Waals surface area contributed by atoms with Gasteiger partial charge in [-0.05, 0) is 29.8 Å². The number of hydrogen-bond donors (Lipinski definition) is 3. The van der Waals surface area contributed by atoms with E-state index in [4.69, 9.17) is 11.6 Å². The number of H-pyrrole nitrogens is 1. The van der Waals surface area contributed by atoms with Crippen molar-refractivity contribution in [2.24, 2.45) is 0 Å². The molecule has 1 unspecified atom stereocenters. The molecule has 3 aromatic rings. The van der Waals surface area contributed by atoms with Crippen LogP contribution in [0, 0.1) is 5.82 Å². The quantitative estimate of drug-likeness (QED) is 0.620. The molecular weight excluding hydrogens is 357 g/mol. The number of halogens is 2. The van der Waals surface area contributed by atoms with E-state index in [2.05, 4.69) is 15.5 Å². The first-order chi connectivity index (χ1) is 12.6. The number of amides is 1. The van der Waals surface area contributed by atoms with E-state index in [1.165, 1.54) is 12.3 Å². The molecular formula is C19H17ClFN3O2. The van der Waals surface area contributed by atoms with Gasteiger partial charge in [-0.25, -0.2) is 4.39 Å². The van der Waals surface area contributed by atoms with Crippen molar-refractivity contribution in [1.29, 1.82) is 0 Å². The standard InChI is InChI=1S/C19H17ClFN3O2/c20-14-7-5-12(6-8-14)13(11-25)9-22-19(26)16-10-23-24-18(16)15-3-1-2-4-17(15)21/h1-8,10,13,25H,9,11H2,(H,22,26)(H,23,24). The van der Waals surface area contributed by atoms with E-state index < -0.39 is 11.7 Å². The van der Waals surface area contributed by atoms with Gasteiger partial charge in [0.1, 0.15) is 5.82 Å². The van der Waals surface area contributed by atoms with Crippen molar-refractivity contribution in [1.82, 2.24) is 15.5 Å². The molecule has 0 radical (unpaired) electrons. The Bertz CT molecular complexity index is 896. The molecule has 26 heavy (non-hydrogen) atoms. The second-order valence-electron chi connectivity index (χ2n) is 5.78. The van der Waals surface area contributed by atoms with Crippen molar-refractivity contribution >= 4 is 17.5 Å². The van der Waals surface area contributed by atoms with Crippen LogP contribution in [0.5, 0.6) is 0 Å². The number of rotatable bonds is 6. The van der Waals surface area contributed by atoms with E-state index in [-0.39, 0.29) is 30.2 Å². The SMILES string of the molecule is O=C(NCC(CO)c1ccc(Cl)cc1)c1cn[nH]c1-c1ccccc1F. The molecule has 0 bridgehead atoms. The van der Waals surface area contributed by atoms with E-state index in [1.54, 1.807) is 42.5 Å². The van der Waals surface area contributed by atoms with Gasteiger partial charge < -0.3 is 10.4 Å². The van der Waals surface area contributed by atoms with Crippen molar-refractivity contribution in [2.45, 2.75) is 5.92 Å². The lowest BCUT2D eigenvalue weighted by molar-refractivity contribution is 0.0948. The summed E-state index contributed by atoms with van der Waals surface area (Å²) >= 11 is 5.87. The number of aromatic nitrogens is 2. The van der Waals surface area contributed by atoms with Crippen LogP contribution in [-0.4, -0.2) is 34.4 Å². The first kappa shape index (κ1) is 18.1. The predicted molar refractivity (Wildman–Crippen MR) is 97.6 cm³/mol. The van der Waals surface area contributed by atoms with Crippen LogP contribution < -0.4 is 5.32 Å². The summed E-state index contributed by atoms with van der Waals surface area (Å²) in [4.78, 5) is 12.5. The summed E-state index contributed by atoms with van der Waals surface area (Å²) in [5, 5.41) is 19.5. The van der Waals surface area contributed by atoms with Crippen LogP contribution in [0.2, 0.25) is 5.02 Å². The van der Waals surface area contributed by atoms with Gasteiger partial charge >= 0.3 is 0 Å². The van der Waals surface area contributed by atoms with Gasteiger partial charge in [0, 0.05) is 23.0 Å². The molecule has 1 atom stereocenters. The Morgan fingerprint density at radius 1 is 1.23 bits per heavy atom. The number of hydrogen-bond acceptors (Lipinski definition) is 3. The minimum Gasteiger partial charge on any atom is -0.396 e. The Hall–Kier alpha value is -2.70. The third-order valence-corrected chi connectivity index (χ3v) is 4.35. The Morgan fingerprint density at radius 3 is 2.65 bits per heavy atom. The molecule has 0 saturated carbocycles. The molecule has 0 fully saturated rings. The van der Waals surface area contributed by atoms with Crippen molar-refractivity contribution in [3.63, 3.8) is 0 Å². The highest BCUT2D eigenvalue weighted by Crippen LogP contribution is 2.24. The van der Waals surface area contributed by atoms with E-state index in [0.29, 0.717) is 10.7 Å². The topological polar surface area (TPSA) is 78.0 Å². The third-order valence-electron chi connectivity index (χ3n) is 4.10. The number of aliphatic hydroxyl groups is 1. The Kier molecular flexibility index (Phi) is 5.65. The highest BCUT2D eigenvalue weighted by molar-refractivity contribution is 6.30. The Morgan fingerprint density at radius 2 is 1.96 bits per heavy atom. The highest BCUT2D eigenvalue weighted by Gasteiger charge is 2.19. The second kappa shape index (κ2) is 8.12. The van der Waals surface area contributed by atoms with Crippen molar-refractivity contribution < 1.29 is 14.3 Å². The van der Waals surface area contributed by atoms with Crippen LogP contribution in [0.25, 0.3) is 11.3 Å². The van der Waals surface area contributed by atoms with Crippen LogP contribution in [0.4, 0.5) is 4.39 Å². The summed E-state index contributed by atoms with van der Waals surface area (Å²) in [6, 6.07) is 13.2. The van der Waals surface area contributed by atoms with E-state index in [9.17, 15) is 14.3 Å². The van der Waals surface area contributed by atoms with Crippen LogP contribution in [0.3, 0.4) is 0 Å². The molecule has 0 aliphatic carbocycles. The first-order valence-corrected chi connectivity index (χ1v) is 8.40. The lowest BCUT2D eigenvalue weighted by atomic mass is 10.00. The van der Waals surface area contributed by atoms with Crippen molar-refractivity contribution in [3.8, 4) is 11.3 Å². The zero-order valence-electron chi connectivity index (χ0n) is 13.7. The number of benzene rings is 2. The van der Waals surface area contributed by atoms with Crippen molar-refractivity contribution in [2.75, 3.05) is 13.2 Å². The van der Waals surface area contributed by atoms with Crippen LogP contribution in [0.1, 0.15) is 21.8 Å². The number of aromatic amines is 1. The zero-order valence-corrected chi connectivity index (χ0v) is 14.5. The summed E-state index contributed by atoms with van der Waals surface area (Å²) in [7, 11) is 0. The minimum absolute atomic E-state index is 0.131. The molecule has 134 valence electrons. The van der Waals surface area contributed by atoms with Gasteiger partial charge in [-0.2, -0.15) is 5.10 Å². The maximum atomic E-state index is 14.0. The summed E-state index contributed by atoms with van der Waals surface area (Å²) in [6.45, 7) is 0.0896. The van der Waals surface area contributed by atoms with E-state index in [1.807, 2.05) is 0 Å². The molecule has 0 aliphatic rings. The fourth-order valence-electron chi connectivity index (χ4n) is 2.66. The van der Waals surface area contributed by atoms with Crippen molar-refractivity contribution in [3.05, 3.63) is 76.7 Å². The maximum absolute atomic E-state index is 14.0. The van der Waals surface area contributed by atoms with Crippen LogP contribution in [0.15, 0.2) is 54.7 Å². The monoisotopic (exact) mass is 373 g/mol. The molecule has 1 aromatic heterocycles. The predicted octanol–water partition coefficient (Wildman–Crippen LogP) is 3.38. The van der Waals surface area contributed by atoms with Gasteiger partial charge in [0.25, 0.3) is 5.91 Å². The molecule has 0 aliphatic heterocycles. The Labute approximate surface area is 154 Å². The van der Waals surface area contributed by atoms with Gasteiger partial charge in [0.15, 0.2) is 0 Å². The summed E-state index contributed by atoms with van der Waals surface area (Å²) < 4.78 is 14.0. The molecule has 1 heterocycles. The van der Waals surface area contributed by atoms with Crippen LogP contribution in [-0.2, 0) is 0 Å². The van der Waals surface area contributed by atoms with E-state index >= 15 is 0 Å². The van der Waals surface area contributed by atoms with E-state index in [0.717, 1.165) is 5.56 Å². The fraction of sp³-hybridized carbons (Fsp3) is 0.158. The normalized spacial score (nSPS) is 12.0. The zero-order chi connectivity index (χ0) is 18.5. The lowest BCUT2D eigenvalue weighted by Crippen LogP contribution is -2.30. The lowest BCUT2D eigenvalue weighted by Gasteiger charge is -2.15. The molecule has 0 spiro atoms. The minimum atomic E-state index is -0.444. The van der Waals surface area contributed by atoms with Gasteiger partial charge in [0.2, 0.25) is 0 Å². The largest absolute Gasteiger partial charge is 0.396 e. The van der Waals surface area contributed by atoms with Gasteiger partial charge in [-0.3, -0.25) is 9.89 Å². The third kappa shape index (κ3) is 3.92. The molecule has 3 rings (SSSR count). The summed E-state index contributed by atoms with van der Waals surface area (Å²) in [5.41, 5.74) is 1.68. The highest BCUT2D eigenvalue weighted by atomic mass is 35.5. The van der Waals surface area contributed by atoms with Crippen LogP contribution >= 0.6 is 11.6 Å². The maximum Gasteiger partial charge on any atom is 0.255 e. The summed E-state index contributed by atoms with van der Waals surface area (Å²) in [5.74, 6) is -1.12. The molecule has 5 nitrogen and oxygen atoms in total. The van der Waals surface area contributed by atoms with Gasteiger partial charge in [-0.15, -0.1) is 0 Å². The second-order valence-corrected chi connectivity index (χ2v) is 6.22. The average molecular weight is 374 g/mol. The molecule has 0 saturated heterocycles. The molecule has 1 amide bonds. The smallest absolute Gasteiger partial charge is 0.255 e. The van der Waals surface area contributed by atoms with Gasteiger partial charge in [-0.1, -0.05) is 35.9 Å².